The quantitative estimate of drug-likeness (QED) is 0.160. The van der Waals surface area contributed by atoms with Crippen LogP contribution in [-0.4, -0.2) is 6.54 Å². The minimum Gasteiger partial charge on any atom is -0.397 e. The average molecular weight is 543 g/mol. The molecule has 2 N–H and O–H groups in total. The van der Waals surface area contributed by atoms with Crippen LogP contribution in [0.25, 0.3) is 54.6 Å². The van der Waals surface area contributed by atoms with Gasteiger partial charge in [0.2, 0.25) is 0 Å². The maximum atomic E-state index is 6.43. The van der Waals surface area contributed by atoms with Crippen molar-refractivity contribution in [2.45, 2.75) is 19.8 Å². The van der Waals surface area contributed by atoms with Gasteiger partial charge >= 0.3 is 0 Å². The topological polar surface area (TPSA) is 29.3 Å². The molecule has 0 unspecified atom stereocenters. The lowest BCUT2D eigenvalue weighted by atomic mass is 9.85. The Hall–Kier alpha value is -5.08. The minimum atomic E-state index is 0.805. The monoisotopic (exact) mass is 542 g/mol. The Morgan fingerprint density at radius 1 is 0.524 bits per heavy atom. The Kier molecular flexibility index (Phi) is 6.81. The molecule has 7 aromatic rings. The summed E-state index contributed by atoms with van der Waals surface area (Å²) in [5.41, 5.74) is 14.5. The first-order valence-corrected chi connectivity index (χ1v) is 14.9. The molecule has 2 heteroatoms. The smallest absolute Gasteiger partial charge is 0.0644 e. The molecule has 0 aromatic heterocycles. The van der Waals surface area contributed by atoms with Gasteiger partial charge in [-0.2, -0.15) is 0 Å². The molecule has 7 rings (SSSR count). The Balaban J connectivity index is 1.41. The summed E-state index contributed by atoms with van der Waals surface area (Å²) < 4.78 is 0. The van der Waals surface area contributed by atoms with E-state index in [1.165, 1.54) is 54.6 Å². The zero-order valence-corrected chi connectivity index (χ0v) is 23.9. The predicted molar refractivity (Wildman–Crippen MR) is 183 cm³/mol. The molecular formula is C40H34N2. The number of rotatable bonds is 7. The zero-order chi connectivity index (χ0) is 28.5. The molecule has 0 spiro atoms. The minimum absolute atomic E-state index is 0.805. The van der Waals surface area contributed by atoms with E-state index in [4.69, 9.17) is 5.73 Å². The van der Waals surface area contributed by atoms with Crippen LogP contribution in [0.4, 0.5) is 17.1 Å². The SMILES string of the molecule is CCCCN(c1ccc(-c2c3ccccc3c(-c3ccc4ccccc4c3)c3ccccc23)cc1)c1ccccc1N. The second-order valence-corrected chi connectivity index (χ2v) is 11.0. The van der Waals surface area contributed by atoms with Crippen molar-refractivity contribution in [2.75, 3.05) is 17.2 Å². The second-order valence-electron chi connectivity index (χ2n) is 11.0. The van der Waals surface area contributed by atoms with Gasteiger partial charge < -0.3 is 10.6 Å². The highest BCUT2D eigenvalue weighted by atomic mass is 15.1. The van der Waals surface area contributed by atoms with Crippen molar-refractivity contribution in [3.8, 4) is 22.3 Å². The fourth-order valence-electron chi connectivity index (χ4n) is 6.34. The van der Waals surface area contributed by atoms with Crippen LogP contribution in [0.5, 0.6) is 0 Å². The Morgan fingerprint density at radius 2 is 1.05 bits per heavy atom. The van der Waals surface area contributed by atoms with Gasteiger partial charge in [-0.25, -0.2) is 0 Å². The Morgan fingerprint density at radius 3 is 1.67 bits per heavy atom. The van der Waals surface area contributed by atoms with Gasteiger partial charge in [0.1, 0.15) is 0 Å². The van der Waals surface area contributed by atoms with Crippen molar-refractivity contribution in [1.29, 1.82) is 0 Å². The molecule has 0 fully saturated rings. The number of hydrogen-bond acceptors (Lipinski definition) is 2. The molecule has 0 aliphatic heterocycles. The van der Waals surface area contributed by atoms with Crippen LogP contribution in [0.3, 0.4) is 0 Å². The van der Waals surface area contributed by atoms with Crippen molar-refractivity contribution >= 4 is 49.4 Å². The summed E-state index contributed by atoms with van der Waals surface area (Å²) in [6, 6.07) is 50.4. The van der Waals surface area contributed by atoms with Crippen LogP contribution < -0.4 is 10.6 Å². The summed E-state index contributed by atoms with van der Waals surface area (Å²) in [6.07, 6.45) is 2.23. The van der Waals surface area contributed by atoms with Gasteiger partial charge in [-0.05, 0) is 91.3 Å². The molecule has 0 aliphatic carbocycles. The molecule has 0 amide bonds. The fraction of sp³-hybridized carbons (Fsp3) is 0.100. The number of hydrogen-bond donors (Lipinski definition) is 1. The van der Waals surface area contributed by atoms with Gasteiger partial charge in [-0.3, -0.25) is 0 Å². The molecule has 0 saturated carbocycles. The second kappa shape index (κ2) is 11.1. The Bertz CT molecular complexity index is 1980. The van der Waals surface area contributed by atoms with E-state index in [0.717, 1.165) is 36.4 Å². The molecule has 7 aromatic carbocycles. The first-order chi connectivity index (χ1) is 20.7. The first kappa shape index (κ1) is 25.9. The van der Waals surface area contributed by atoms with Crippen LogP contribution in [0, 0.1) is 0 Å². The third kappa shape index (κ3) is 4.55. The molecular weight excluding hydrogens is 508 g/mol. The van der Waals surface area contributed by atoms with Crippen LogP contribution in [0.1, 0.15) is 19.8 Å². The molecule has 0 atom stereocenters. The van der Waals surface area contributed by atoms with Crippen molar-refractivity contribution in [2.24, 2.45) is 0 Å². The predicted octanol–water partition coefficient (Wildman–Crippen LogP) is 11.0. The number of unbranched alkanes of at least 4 members (excludes halogenated alkanes) is 1. The van der Waals surface area contributed by atoms with E-state index in [1.54, 1.807) is 0 Å². The molecule has 0 saturated heterocycles. The maximum Gasteiger partial charge on any atom is 0.0644 e. The van der Waals surface area contributed by atoms with E-state index in [2.05, 4.69) is 139 Å². The summed E-state index contributed by atoms with van der Waals surface area (Å²) in [5.74, 6) is 0. The lowest BCUT2D eigenvalue weighted by Gasteiger charge is -2.26. The van der Waals surface area contributed by atoms with Gasteiger partial charge in [-0.15, -0.1) is 0 Å². The number of nitrogen functional groups attached to an aromatic ring is 1. The number of nitrogens with zero attached hydrogens (tertiary/aromatic N) is 1. The molecule has 204 valence electrons. The summed E-state index contributed by atoms with van der Waals surface area (Å²) in [5, 5.41) is 7.59. The van der Waals surface area contributed by atoms with Crippen LogP contribution in [-0.2, 0) is 0 Å². The van der Waals surface area contributed by atoms with Crippen molar-refractivity contribution in [3.05, 3.63) is 140 Å². The third-order valence-corrected chi connectivity index (χ3v) is 8.40. The fourth-order valence-corrected chi connectivity index (χ4v) is 6.34. The maximum absolute atomic E-state index is 6.43. The van der Waals surface area contributed by atoms with Gasteiger partial charge in [0.25, 0.3) is 0 Å². The van der Waals surface area contributed by atoms with E-state index in [1.807, 2.05) is 12.1 Å². The van der Waals surface area contributed by atoms with Gasteiger partial charge in [0.15, 0.2) is 0 Å². The van der Waals surface area contributed by atoms with E-state index >= 15 is 0 Å². The first-order valence-electron chi connectivity index (χ1n) is 14.9. The lowest BCUT2D eigenvalue weighted by molar-refractivity contribution is 0.786. The third-order valence-electron chi connectivity index (χ3n) is 8.40. The number of nitrogens with two attached hydrogens (primary N) is 1. The van der Waals surface area contributed by atoms with Crippen LogP contribution >= 0.6 is 0 Å². The van der Waals surface area contributed by atoms with E-state index in [0.29, 0.717) is 0 Å². The largest absolute Gasteiger partial charge is 0.397 e. The number of fused-ring (bicyclic) bond motifs is 3. The zero-order valence-electron chi connectivity index (χ0n) is 23.9. The molecule has 0 aliphatic rings. The molecule has 0 bridgehead atoms. The normalized spacial score (nSPS) is 11.4. The highest BCUT2D eigenvalue weighted by molar-refractivity contribution is 6.21. The van der Waals surface area contributed by atoms with Gasteiger partial charge in [0.05, 0.1) is 11.4 Å². The van der Waals surface area contributed by atoms with Gasteiger partial charge in [-0.1, -0.05) is 123 Å². The summed E-state index contributed by atoms with van der Waals surface area (Å²) in [7, 11) is 0. The van der Waals surface area contributed by atoms with E-state index in [9.17, 15) is 0 Å². The van der Waals surface area contributed by atoms with E-state index < -0.39 is 0 Å². The molecule has 0 heterocycles. The highest BCUT2D eigenvalue weighted by Gasteiger charge is 2.18. The lowest BCUT2D eigenvalue weighted by Crippen LogP contribution is -2.19. The standard InChI is InChI=1S/C40H34N2/c1-2-3-26-42(38-19-11-10-18-37(38)41)32-24-22-29(23-25-32)39-33-14-6-8-16-35(33)40(36-17-9-7-15-34(36)39)31-21-20-28-12-4-5-13-30(28)27-31/h4-25,27H,2-3,26,41H2,1H3. The summed E-state index contributed by atoms with van der Waals surface area (Å²) in [6.45, 7) is 3.16. The number of para-hydroxylation sites is 2. The summed E-state index contributed by atoms with van der Waals surface area (Å²) >= 11 is 0. The molecule has 2 nitrogen and oxygen atoms in total. The number of benzene rings is 7. The highest BCUT2D eigenvalue weighted by Crippen LogP contribution is 2.44. The van der Waals surface area contributed by atoms with Crippen molar-refractivity contribution in [3.63, 3.8) is 0 Å². The van der Waals surface area contributed by atoms with Crippen LogP contribution in [0.15, 0.2) is 140 Å². The van der Waals surface area contributed by atoms with Gasteiger partial charge in [0, 0.05) is 12.2 Å². The molecule has 0 radical (unpaired) electrons. The van der Waals surface area contributed by atoms with E-state index in [-0.39, 0.29) is 0 Å². The van der Waals surface area contributed by atoms with Crippen LogP contribution in [0.2, 0.25) is 0 Å². The molecule has 42 heavy (non-hydrogen) atoms. The van der Waals surface area contributed by atoms with Crippen molar-refractivity contribution < 1.29 is 0 Å². The van der Waals surface area contributed by atoms with Crippen molar-refractivity contribution in [1.82, 2.24) is 0 Å². The number of anilines is 3. The Labute approximate surface area is 247 Å². The average Bonchev–Trinajstić information content (AvgIpc) is 3.04. The summed E-state index contributed by atoms with van der Waals surface area (Å²) in [4.78, 5) is 2.35.